The molecular formula is C18H25N3O5. The molecule has 1 aliphatic heterocycles. The molecule has 0 bridgehead atoms. The lowest BCUT2D eigenvalue weighted by molar-refractivity contribution is -0.384. The first kappa shape index (κ1) is 19.7. The van der Waals surface area contributed by atoms with Crippen LogP contribution < -0.4 is 4.90 Å². The number of ether oxygens (including phenoxy) is 1. The van der Waals surface area contributed by atoms with Crippen LogP contribution in [0.2, 0.25) is 0 Å². The summed E-state index contributed by atoms with van der Waals surface area (Å²) in [5.41, 5.74) is 0.359. The van der Waals surface area contributed by atoms with Gasteiger partial charge >= 0.3 is 5.97 Å². The Kier molecular flexibility index (Phi) is 6.18. The summed E-state index contributed by atoms with van der Waals surface area (Å²) in [6.07, 6.45) is 1.07. The molecule has 1 heterocycles. The minimum atomic E-state index is -0.746. The van der Waals surface area contributed by atoms with Gasteiger partial charge in [0, 0.05) is 39.3 Å². The monoisotopic (exact) mass is 363 g/mol. The van der Waals surface area contributed by atoms with Gasteiger partial charge in [0.1, 0.15) is 0 Å². The topological polar surface area (TPSA) is 93.0 Å². The van der Waals surface area contributed by atoms with Gasteiger partial charge in [-0.3, -0.25) is 14.9 Å². The Bertz CT molecular complexity index is 694. The number of piperidine rings is 1. The summed E-state index contributed by atoms with van der Waals surface area (Å²) >= 11 is 0. The number of nitrogens with zero attached hydrogens (tertiary/aromatic N) is 3. The van der Waals surface area contributed by atoms with E-state index in [1.807, 2.05) is 0 Å². The number of non-ortho nitro benzene ring substituents is 1. The molecule has 1 aromatic carbocycles. The third-order valence-corrected chi connectivity index (χ3v) is 4.44. The van der Waals surface area contributed by atoms with Gasteiger partial charge in [0.05, 0.1) is 16.2 Å². The Morgan fingerprint density at radius 1 is 1.27 bits per heavy atom. The highest BCUT2D eigenvalue weighted by atomic mass is 16.6. The number of carbonyl (C=O) groups excluding carboxylic acids is 2. The molecule has 1 saturated heterocycles. The lowest BCUT2D eigenvalue weighted by Gasteiger charge is -2.34. The van der Waals surface area contributed by atoms with E-state index in [2.05, 4.69) is 13.8 Å². The summed E-state index contributed by atoms with van der Waals surface area (Å²) in [6, 6.07) is 3.99. The molecule has 2 rings (SSSR count). The van der Waals surface area contributed by atoms with Crippen molar-refractivity contribution in [1.82, 2.24) is 4.90 Å². The van der Waals surface area contributed by atoms with Crippen LogP contribution in [0, 0.1) is 22.0 Å². The number of nitro groups is 1. The van der Waals surface area contributed by atoms with Gasteiger partial charge in [-0.05, 0) is 24.3 Å². The first-order chi connectivity index (χ1) is 12.2. The highest BCUT2D eigenvalue weighted by Crippen LogP contribution is 2.25. The van der Waals surface area contributed by atoms with E-state index in [9.17, 15) is 19.7 Å². The lowest BCUT2D eigenvalue weighted by atomic mass is 9.92. The van der Waals surface area contributed by atoms with E-state index < -0.39 is 10.9 Å². The number of anilines is 1. The summed E-state index contributed by atoms with van der Waals surface area (Å²) in [5.74, 6) is -0.163. The van der Waals surface area contributed by atoms with Gasteiger partial charge in [-0.1, -0.05) is 13.8 Å². The highest BCUT2D eigenvalue weighted by Gasteiger charge is 2.27. The molecule has 0 spiro atoms. The molecule has 0 unspecified atom stereocenters. The maximum atomic E-state index is 12.4. The molecule has 0 aromatic heterocycles. The van der Waals surface area contributed by atoms with Gasteiger partial charge in [0.2, 0.25) is 0 Å². The van der Waals surface area contributed by atoms with Gasteiger partial charge < -0.3 is 14.5 Å². The summed E-state index contributed by atoms with van der Waals surface area (Å²) in [6.45, 7) is 5.12. The zero-order valence-electron chi connectivity index (χ0n) is 15.6. The Hall–Kier alpha value is -2.64. The summed E-state index contributed by atoms with van der Waals surface area (Å²) < 4.78 is 5.16. The van der Waals surface area contributed by atoms with E-state index in [4.69, 9.17) is 4.74 Å². The third kappa shape index (κ3) is 4.71. The van der Waals surface area contributed by atoms with E-state index in [0.717, 1.165) is 6.42 Å². The van der Waals surface area contributed by atoms with Crippen molar-refractivity contribution in [2.45, 2.75) is 20.3 Å². The van der Waals surface area contributed by atoms with E-state index in [1.165, 1.54) is 18.2 Å². The molecule has 2 atom stereocenters. The molecule has 142 valence electrons. The van der Waals surface area contributed by atoms with Crippen LogP contribution in [-0.2, 0) is 9.53 Å². The maximum Gasteiger partial charge on any atom is 0.341 e. The molecule has 0 saturated carbocycles. The number of esters is 1. The second kappa shape index (κ2) is 8.16. The quantitative estimate of drug-likeness (QED) is 0.453. The largest absolute Gasteiger partial charge is 0.452 e. The number of nitro benzene ring substituents is 1. The normalized spacial score (nSPS) is 19.8. The van der Waals surface area contributed by atoms with Gasteiger partial charge in [0.25, 0.3) is 11.6 Å². The standard InChI is InChI=1S/C18H25N3O5/c1-12-7-13(2)10-20(9-12)17(22)11-26-18(23)15-8-14(21(24)25)5-6-16(15)19(3)4/h5-6,8,12-13H,7,9-11H2,1-4H3/t12-,13-/m0/s1. The first-order valence-electron chi connectivity index (χ1n) is 8.59. The third-order valence-electron chi connectivity index (χ3n) is 4.44. The van der Waals surface area contributed by atoms with Gasteiger partial charge in [-0.25, -0.2) is 4.79 Å². The molecule has 0 N–H and O–H groups in total. The average Bonchev–Trinajstić information content (AvgIpc) is 2.57. The SMILES string of the molecule is C[C@H]1C[C@H](C)CN(C(=O)COC(=O)c2cc([N+](=O)[O-])ccc2N(C)C)C1. The molecule has 0 radical (unpaired) electrons. The predicted octanol–water partition coefficient (Wildman–Crippen LogP) is 2.32. The summed E-state index contributed by atoms with van der Waals surface area (Å²) in [7, 11) is 3.44. The summed E-state index contributed by atoms with van der Waals surface area (Å²) in [4.78, 5) is 38.5. The second-order valence-electron chi connectivity index (χ2n) is 7.17. The highest BCUT2D eigenvalue weighted by molar-refractivity contribution is 5.97. The van der Waals surface area contributed by atoms with Crippen molar-refractivity contribution < 1.29 is 19.2 Å². The molecule has 1 aromatic rings. The van der Waals surface area contributed by atoms with Crippen LogP contribution in [0.15, 0.2) is 18.2 Å². The second-order valence-corrected chi connectivity index (χ2v) is 7.17. The number of benzene rings is 1. The van der Waals surface area contributed by atoms with Crippen LogP contribution in [0.5, 0.6) is 0 Å². The van der Waals surface area contributed by atoms with Crippen LogP contribution in [0.25, 0.3) is 0 Å². The van der Waals surface area contributed by atoms with Crippen LogP contribution in [0.3, 0.4) is 0 Å². The molecule has 26 heavy (non-hydrogen) atoms. The molecular weight excluding hydrogens is 338 g/mol. The number of rotatable bonds is 5. The minimum absolute atomic E-state index is 0.0670. The van der Waals surface area contributed by atoms with Crippen LogP contribution in [0.1, 0.15) is 30.6 Å². The Morgan fingerprint density at radius 2 is 1.88 bits per heavy atom. The van der Waals surface area contributed by atoms with Crippen molar-refractivity contribution in [3.63, 3.8) is 0 Å². The molecule has 1 aliphatic rings. The molecule has 8 heteroatoms. The number of carbonyl (C=O) groups is 2. The van der Waals surface area contributed by atoms with Crippen LogP contribution in [0.4, 0.5) is 11.4 Å². The molecule has 0 aliphatic carbocycles. The minimum Gasteiger partial charge on any atom is -0.452 e. The summed E-state index contributed by atoms with van der Waals surface area (Å²) in [5, 5.41) is 11.0. The Balaban J connectivity index is 2.08. The first-order valence-corrected chi connectivity index (χ1v) is 8.59. The van der Waals surface area contributed by atoms with Crippen molar-refractivity contribution in [2.75, 3.05) is 38.7 Å². The van der Waals surface area contributed by atoms with Crippen LogP contribution >= 0.6 is 0 Å². The molecule has 1 amide bonds. The number of hydrogen-bond acceptors (Lipinski definition) is 6. The Morgan fingerprint density at radius 3 is 2.42 bits per heavy atom. The van der Waals surface area contributed by atoms with Crippen molar-refractivity contribution in [3.8, 4) is 0 Å². The zero-order valence-corrected chi connectivity index (χ0v) is 15.6. The van der Waals surface area contributed by atoms with Crippen molar-refractivity contribution in [3.05, 3.63) is 33.9 Å². The maximum absolute atomic E-state index is 12.4. The van der Waals surface area contributed by atoms with E-state index in [1.54, 1.807) is 23.9 Å². The fraction of sp³-hybridized carbons (Fsp3) is 0.556. The smallest absolute Gasteiger partial charge is 0.341 e. The molecule has 8 nitrogen and oxygen atoms in total. The number of amides is 1. The van der Waals surface area contributed by atoms with E-state index in [0.29, 0.717) is 30.6 Å². The van der Waals surface area contributed by atoms with Gasteiger partial charge in [0.15, 0.2) is 6.61 Å². The van der Waals surface area contributed by atoms with Crippen LogP contribution in [-0.4, -0.2) is 55.5 Å². The fourth-order valence-corrected chi connectivity index (χ4v) is 3.35. The van der Waals surface area contributed by atoms with Crippen molar-refractivity contribution in [2.24, 2.45) is 11.8 Å². The lowest BCUT2D eigenvalue weighted by Crippen LogP contribution is -2.44. The van der Waals surface area contributed by atoms with E-state index in [-0.39, 0.29) is 23.8 Å². The zero-order chi connectivity index (χ0) is 19.4. The number of likely N-dealkylation sites (tertiary alicyclic amines) is 1. The predicted molar refractivity (Wildman–Crippen MR) is 97.2 cm³/mol. The fourth-order valence-electron chi connectivity index (χ4n) is 3.35. The Labute approximate surface area is 152 Å². The molecule has 1 fully saturated rings. The van der Waals surface area contributed by atoms with Crippen molar-refractivity contribution in [1.29, 1.82) is 0 Å². The number of hydrogen-bond donors (Lipinski definition) is 0. The van der Waals surface area contributed by atoms with Gasteiger partial charge in [-0.15, -0.1) is 0 Å². The average molecular weight is 363 g/mol. The van der Waals surface area contributed by atoms with E-state index >= 15 is 0 Å². The van der Waals surface area contributed by atoms with Gasteiger partial charge in [-0.2, -0.15) is 0 Å². The van der Waals surface area contributed by atoms with Crippen molar-refractivity contribution >= 4 is 23.3 Å².